The van der Waals surface area contributed by atoms with E-state index in [-0.39, 0.29) is 0 Å². The Balaban J connectivity index is 1.42. The molecule has 1 aromatic carbocycles. The van der Waals surface area contributed by atoms with Gasteiger partial charge in [0, 0.05) is 50.9 Å². The van der Waals surface area contributed by atoms with Gasteiger partial charge in [-0.1, -0.05) is 18.2 Å². The summed E-state index contributed by atoms with van der Waals surface area (Å²) < 4.78 is 0. The zero-order valence-corrected chi connectivity index (χ0v) is 15.3. The second-order valence-corrected chi connectivity index (χ2v) is 6.68. The molecule has 0 amide bonds. The predicted octanol–water partition coefficient (Wildman–Crippen LogP) is 2.95. The van der Waals surface area contributed by atoms with E-state index in [1.807, 2.05) is 31.7 Å². The number of benzene rings is 1. The van der Waals surface area contributed by atoms with E-state index in [9.17, 15) is 0 Å². The molecule has 1 aliphatic heterocycles. The van der Waals surface area contributed by atoms with E-state index in [0.717, 1.165) is 43.3 Å². The highest BCUT2D eigenvalue weighted by Crippen LogP contribution is 2.25. The van der Waals surface area contributed by atoms with Gasteiger partial charge in [0.2, 0.25) is 5.95 Å². The van der Waals surface area contributed by atoms with Gasteiger partial charge in [0.1, 0.15) is 0 Å². The van der Waals surface area contributed by atoms with Gasteiger partial charge in [0.25, 0.3) is 0 Å². The van der Waals surface area contributed by atoms with Crippen LogP contribution in [0.15, 0.2) is 48.9 Å². The lowest BCUT2D eigenvalue weighted by Crippen LogP contribution is -2.47. The van der Waals surface area contributed by atoms with E-state index in [1.165, 1.54) is 10.9 Å². The molecule has 0 aliphatic carbocycles. The second kappa shape index (κ2) is 7.25. The van der Waals surface area contributed by atoms with Crippen LogP contribution in [0.3, 0.4) is 0 Å². The van der Waals surface area contributed by atoms with E-state index < -0.39 is 0 Å². The van der Waals surface area contributed by atoms with Gasteiger partial charge in [-0.05, 0) is 24.6 Å². The average Bonchev–Trinajstić information content (AvgIpc) is 2.73. The molecule has 0 spiro atoms. The molecule has 1 saturated heterocycles. The topological polar surface area (TPSA) is 57.2 Å². The van der Waals surface area contributed by atoms with Crippen molar-refractivity contribution in [2.24, 2.45) is 0 Å². The highest BCUT2D eigenvalue weighted by atomic mass is 15.3. The third kappa shape index (κ3) is 3.32. The normalized spacial score (nSPS) is 16.6. The number of nitrogens with one attached hydrogen (secondary N) is 1. The monoisotopic (exact) mass is 348 g/mol. The summed E-state index contributed by atoms with van der Waals surface area (Å²) in [5, 5.41) is 4.24. The molecule has 1 N–H and O–H groups in total. The molecule has 3 heterocycles. The smallest absolute Gasteiger partial charge is 0.225 e. The van der Waals surface area contributed by atoms with E-state index >= 15 is 0 Å². The number of rotatable bonds is 4. The van der Waals surface area contributed by atoms with Crippen molar-refractivity contribution in [2.45, 2.75) is 13.0 Å². The molecule has 2 aromatic heterocycles. The maximum Gasteiger partial charge on any atom is 0.225 e. The van der Waals surface area contributed by atoms with E-state index in [4.69, 9.17) is 0 Å². The Morgan fingerprint density at radius 2 is 1.77 bits per heavy atom. The zero-order valence-electron chi connectivity index (χ0n) is 15.3. The van der Waals surface area contributed by atoms with E-state index in [0.29, 0.717) is 6.04 Å². The summed E-state index contributed by atoms with van der Waals surface area (Å²) in [7, 11) is 1.88. The average molecular weight is 348 g/mol. The summed E-state index contributed by atoms with van der Waals surface area (Å²) in [5.41, 5.74) is 3.32. The Morgan fingerprint density at radius 1 is 1.00 bits per heavy atom. The van der Waals surface area contributed by atoms with Crippen LogP contribution in [0.2, 0.25) is 0 Å². The third-order valence-electron chi connectivity index (χ3n) is 5.18. The fourth-order valence-corrected chi connectivity index (χ4v) is 3.48. The Bertz CT molecular complexity index is 871. The van der Waals surface area contributed by atoms with Gasteiger partial charge in [0.05, 0.1) is 23.6 Å². The van der Waals surface area contributed by atoms with Gasteiger partial charge in [-0.25, -0.2) is 9.97 Å². The summed E-state index contributed by atoms with van der Waals surface area (Å²) in [4.78, 5) is 18.2. The van der Waals surface area contributed by atoms with Crippen LogP contribution in [0.1, 0.15) is 18.5 Å². The molecular weight excluding hydrogens is 324 g/mol. The number of nitrogens with zero attached hydrogens (tertiary/aromatic N) is 5. The maximum atomic E-state index is 4.49. The summed E-state index contributed by atoms with van der Waals surface area (Å²) >= 11 is 0. The van der Waals surface area contributed by atoms with Crippen LogP contribution < -0.4 is 10.2 Å². The Labute approximate surface area is 153 Å². The lowest BCUT2D eigenvalue weighted by Gasteiger charge is -2.38. The van der Waals surface area contributed by atoms with Gasteiger partial charge in [-0.15, -0.1) is 0 Å². The first kappa shape index (κ1) is 16.7. The van der Waals surface area contributed by atoms with Crippen molar-refractivity contribution >= 4 is 22.5 Å². The van der Waals surface area contributed by atoms with Crippen LogP contribution in [0, 0.1) is 0 Å². The number of hydrogen-bond donors (Lipinski definition) is 1. The van der Waals surface area contributed by atoms with Crippen LogP contribution in [0.4, 0.5) is 11.6 Å². The number of hydrogen-bond acceptors (Lipinski definition) is 6. The summed E-state index contributed by atoms with van der Waals surface area (Å²) in [6.07, 6.45) is 5.52. The van der Waals surface area contributed by atoms with Crippen molar-refractivity contribution in [1.82, 2.24) is 19.9 Å². The highest BCUT2D eigenvalue weighted by molar-refractivity contribution is 5.78. The van der Waals surface area contributed by atoms with Gasteiger partial charge < -0.3 is 10.2 Å². The lowest BCUT2D eigenvalue weighted by molar-refractivity contribution is 0.198. The molecule has 0 radical (unpaired) electrons. The Kier molecular flexibility index (Phi) is 4.67. The first-order valence-electron chi connectivity index (χ1n) is 9.08. The fraction of sp³-hybridized carbons (Fsp3) is 0.350. The molecule has 134 valence electrons. The van der Waals surface area contributed by atoms with Crippen molar-refractivity contribution in [2.75, 3.05) is 43.4 Å². The molecule has 1 aliphatic rings. The number of pyridine rings is 1. The Hall–Kier alpha value is -2.73. The Morgan fingerprint density at radius 3 is 2.50 bits per heavy atom. The first-order chi connectivity index (χ1) is 12.7. The standard InChI is InChI=1S/C20H24N6/c1-15(17-6-5-16-4-3-7-22-19(16)12-17)25-8-10-26(11-9-25)20-23-13-18(21-2)14-24-20/h3-7,12-15,21H,8-11H2,1-2H3. The SMILES string of the molecule is CNc1cnc(N2CCN(C(C)c3ccc4cccnc4c3)CC2)nc1. The molecule has 6 nitrogen and oxygen atoms in total. The van der Waals surface area contributed by atoms with Gasteiger partial charge in [-0.2, -0.15) is 0 Å². The number of fused-ring (bicyclic) bond motifs is 1. The minimum Gasteiger partial charge on any atom is -0.386 e. The zero-order chi connectivity index (χ0) is 17.9. The van der Waals surface area contributed by atoms with Crippen LogP contribution in [-0.2, 0) is 0 Å². The molecule has 4 rings (SSSR count). The number of piperazine rings is 1. The summed E-state index contributed by atoms with van der Waals surface area (Å²) in [6, 6.07) is 11.1. The number of anilines is 2. The van der Waals surface area contributed by atoms with Crippen molar-refractivity contribution in [3.05, 3.63) is 54.5 Å². The van der Waals surface area contributed by atoms with Gasteiger partial charge in [-0.3, -0.25) is 9.88 Å². The summed E-state index contributed by atoms with van der Waals surface area (Å²) in [6.45, 7) is 6.15. The van der Waals surface area contributed by atoms with Gasteiger partial charge >= 0.3 is 0 Å². The molecule has 1 fully saturated rings. The van der Waals surface area contributed by atoms with Crippen molar-refractivity contribution in [1.29, 1.82) is 0 Å². The predicted molar refractivity (Wildman–Crippen MR) is 106 cm³/mol. The van der Waals surface area contributed by atoms with Crippen molar-refractivity contribution in [3.8, 4) is 0 Å². The highest BCUT2D eigenvalue weighted by Gasteiger charge is 2.23. The van der Waals surface area contributed by atoms with E-state index in [2.05, 4.69) is 61.3 Å². The van der Waals surface area contributed by atoms with Crippen molar-refractivity contribution in [3.63, 3.8) is 0 Å². The van der Waals surface area contributed by atoms with Crippen LogP contribution in [-0.4, -0.2) is 53.1 Å². The van der Waals surface area contributed by atoms with Crippen molar-refractivity contribution < 1.29 is 0 Å². The van der Waals surface area contributed by atoms with Crippen LogP contribution in [0.25, 0.3) is 10.9 Å². The maximum absolute atomic E-state index is 4.49. The first-order valence-corrected chi connectivity index (χ1v) is 9.08. The minimum atomic E-state index is 0.371. The molecule has 6 heteroatoms. The lowest BCUT2D eigenvalue weighted by atomic mass is 10.0. The third-order valence-corrected chi connectivity index (χ3v) is 5.18. The van der Waals surface area contributed by atoms with Crippen LogP contribution in [0.5, 0.6) is 0 Å². The number of aromatic nitrogens is 3. The molecule has 3 aromatic rings. The van der Waals surface area contributed by atoms with E-state index in [1.54, 1.807) is 0 Å². The molecule has 0 bridgehead atoms. The fourth-order valence-electron chi connectivity index (χ4n) is 3.48. The quantitative estimate of drug-likeness (QED) is 0.782. The molecule has 1 unspecified atom stereocenters. The summed E-state index contributed by atoms with van der Waals surface area (Å²) in [5.74, 6) is 0.811. The molecule has 26 heavy (non-hydrogen) atoms. The minimum absolute atomic E-state index is 0.371. The molecule has 1 atom stereocenters. The largest absolute Gasteiger partial charge is 0.386 e. The van der Waals surface area contributed by atoms with Gasteiger partial charge in [0.15, 0.2) is 0 Å². The molecule has 0 saturated carbocycles. The molecular formula is C20H24N6. The van der Waals surface area contributed by atoms with Crippen LogP contribution >= 0.6 is 0 Å². The second-order valence-electron chi connectivity index (χ2n) is 6.68.